The number of nitrogens with two attached hydrogens (primary N) is 1. The average Bonchev–Trinajstić information content (AvgIpc) is 2.83. The maximum absolute atomic E-state index is 10.8. The van der Waals surface area contributed by atoms with Gasteiger partial charge in [-0.2, -0.15) is 0 Å². The number of nitrogens with zero attached hydrogens (tertiary/aromatic N) is 4. The van der Waals surface area contributed by atoms with E-state index < -0.39 is 4.92 Å². The van der Waals surface area contributed by atoms with Crippen molar-refractivity contribution in [3.8, 4) is 5.82 Å². The Morgan fingerprint density at radius 2 is 2.30 bits per heavy atom. The predicted molar refractivity (Wildman–Crippen MR) is 74.5 cm³/mol. The van der Waals surface area contributed by atoms with Crippen molar-refractivity contribution < 1.29 is 4.92 Å². The Kier molecular flexibility index (Phi) is 2.74. The first-order chi connectivity index (χ1) is 9.58. The van der Waals surface area contributed by atoms with E-state index >= 15 is 0 Å². The van der Waals surface area contributed by atoms with Gasteiger partial charge in [-0.3, -0.25) is 14.7 Å². The van der Waals surface area contributed by atoms with Crippen LogP contribution >= 0.6 is 0 Å². The van der Waals surface area contributed by atoms with Crippen LogP contribution < -0.4 is 5.73 Å². The lowest BCUT2D eigenvalue weighted by atomic mass is 9.97. The monoisotopic (exact) mass is 271 g/mol. The molecular formula is C13H13N5O2. The molecule has 102 valence electrons. The quantitative estimate of drug-likeness (QED) is 0.667. The predicted octanol–water partition coefficient (Wildman–Crippen LogP) is 2.28. The molecule has 0 aromatic carbocycles. The number of pyridine rings is 1. The van der Waals surface area contributed by atoms with Gasteiger partial charge in [0.25, 0.3) is 0 Å². The number of nitro groups is 1. The molecule has 0 saturated carbocycles. The second-order valence-electron chi connectivity index (χ2n) is 4.76. The lowest BCUT2D eigenvalue weighted by Gasteiger charge is -2.16. The van der Waals surface area contributed by atoms with Gasteiger partial charge in [0.2, 0.25) is 5.82 Å². The fourth-order valence-electron chi connectivity index (χ4n) is 2.41. The van der Waals surface area contributed by atoms with E-state index in [1.54, 1.807) is 12.4 Å². The molecule has 1 atom stereocenters. The van der Waals surface area contributed by atoms with Crippen LogP contribution in [0.3, 0.4) is 0 Å². The Morgan fingerprint density at radius 3 is 3.00 bits per heavy atom. The minimum absolute atomic E-state index is 0.0889. The maximum atomic E-state index is 10.8. The first-order valence-corrected chi connectivity index (χ1v) is 6.23. The largest absolute Gasteiger partial charge is 0.378 e. The summed E-state index contributed by atoms with van der Waals surface area (Å²) in [5.41, 5.74) is 7.41. The number of allylic oxidation sites excluding steroid dienone is 1. The molecule has 0 saturated heterocycles. The van der Waals surface area contributed by atoms with E-state index in [0.29, 0.717) is 11.7 Å². The van der Waals surface area contributed by atoms with Crippen molar-refractivity contribution in [3.05, 3.63) is 46.0 Å². The van der Waals surface area contributed by atoms with Crippen molar-refractivity contribution in [2.45, 2.75) is 19.3 Å². The van der Waals surface area contributed by atoms with Gasteiger partial charge >= 0.3 is 5.69 Å². The van der Waals surface area contributed by atoms with Crippen LogP contribution in [0.5, 0.6) is 0 Å². The minimum Gasteiger partial charge on any atom is -0.378 e. The number of anilines is 1. The molecule has 2 heterocycles. The zero-order chi connectivity index (χ0) is 14.3. The van der Waals surface area contributed by atoms with Gasteiger partial charge in [-0.05, 0) is 18.6 Å². The van der Waals surface area contributed by atoms with Gasteiger partial charge in [0.15, 0.2) is 0 Å². The Balaban J connectivity index is 2.11. The Labute approximate surface area is 114 Å². The molecular weight excluding hydrogens is 258 g/mol. The summed E-state index contributed by atoms with van der Waals surface area (Å²) in [6.07, 6.45) is 6.66. The maximum Gasteiger partial charge on any atom is 0.311 e. The lowest BCUT2D eigenvalue weighted by molar-refractivity contribution is -0.384. The smallest absolute Gasteiger partial charge is 0.311 e. The number of rotatable bonds is 2. The van der Waals surface area contributed by atoms with Crippen molar-refractivity contribution in [1.82, 2.24) is 14.5 Å². The number of fused-ring (bicyclic) bond motifs is 1. The van der Waals surface area contributed by atoms with Crippen molar-refractivity contribution >= 4 is 17.6 Å². The van der Waals surface area contributed by atoms with E-state index in [-0.39, 0.29) is 11.5 Å². The van der Waals surface area contributed by atoms with Gasteiger partial charge in [0.1, 0.15) is 12.1 Å². The molecule has 0 spiro atoms. The molecule has 7 nitrogen and oxygen atoms in total. The molecule has 0 radical (unpaired) electrons. The molecule has 7 heteroatoms. The number of imidazole rings is 1. The van der Waals surface area contributed by atoms with Gasteiger partial charge in [-0.1, -0.05) is 13.0 Å². The molecule has 0 aliphatic heterocycles. The standard InChI is InChI=1S/C13H13N5O2/c1-8-3-2-4-9-12(8)17(7-15-9)11-6-5-10(18(19)20)13(14)16-11/h2,4-8H,3H2,1H3,(H2,14,16). The molecule has 0 fully saturated rings. The molecule has 2 N–H and O–H groups in total. The van der Waals surface area contributed by atoms with Crippen molar-refractivity contribution in [3.63, 3.8) is 0 Å². The summed E-state index contributed by atoms with van der Waals surface area (Å²) < 4.78 is 1.84. The molecule has 2 aromatic heterocycles. The molecule has 20 heavy (non-hydrogen) atoms. The van der Waals surface area contributed by atoms with Crippen molar-refractivity contribution in [2.24, 2.45) is 0 Å². The third-order valence-corrected chi connectivity index (χ3v) is 3.40. The van der Waals surface area contributed by atoms with Crippen LogP contribution in [-0.2, 0) is 0 Å². The Bertz CT molecular complexity index is 720. The summed E-state index contributed by atoms with van der Waals surface area (Å²) in [6.45, 7) is 2.11. The summed E-state index contributed by atoms with van der Waals surface area (Å²) in [7, 11) is 0. The second-order valence-corrected chi connectivity index (χ2v) is 4.76. The van der Waals surface area contributed by atoms with Crippen LogP contribution in [0.4, 0.5) is 11.5 Å². The van der Waals surface area contributed by atoms with Crippen molar-refractivity contribution in [2.75, 3.05) is 5.73 Å². The normalized spacial score (nSPS) is 16.9. The van der Waals surface area contributed by atoms with E-state index in [1.807, 2.05) is 10.6 Å². The SMILES string of the molecule is CC1CC=Cc2ncn(-c3ccc([N+](=O)[O-])c(N)n3)c21. The summed E-state index contributed by atoms with van der Waals surface area (Å²) in [5.74, 6) is 0.772. The number of aromatic nitrogens is 3. The molecule has 1 aliphatic rings. The molecule has 2 aromatic rings. The third kappa shape index (κ3) is 1.83. The van der Waals surface area contributed by atoms with E-state index in [4.69, 9.17) is 5.73 Å². The number of hydrogen-bond donors (Lipinski definition) is 1. The van der Waals surface area contributed by atoms with E-state index in [0.717, 1.165) is 17.8 Å². The fraction of sp³-hybridized carbons (Fsp3) is 0.231. The third-order valence-electron chi connectivity index (χ3n) is 3.40. The van der Waals surface area contributed by atoms with Gasteiger partial charge < -0.3 is 5.73 Å². The fourth-order valence-corrected chi connectivity index (χ4v) is 2.41. The van der Waals surface area contributed by atoms with E-state index in [2.05, 4.69) is 23.0 Å². The van der Waals surface area contributed by atoms with E-state index in [9.17, 15) is 10.1 Å². The van der Waals surface area contributed by atoms with Gasteiger partial charge in [0.05, 0.1) is 16.3 Å². The highest BCUT2D eigenvalue weighted by molar-refractivity contribution is 5.57. The van der Waals surface area contributed by atoms with Crippen LogP contribution in [0.25, 0.3) is 11.9 Å². The first-order valence-electron chi connectivity index (χ1n) is 6.23. The topological polar surface area (TPSA) is 99.9 Å². The first kappa shape index (κ1) is 12.3. The molecule has 3 rings (SSSR count). The van der Waals surface area contributed by atoms with Gasteiger partial charge in [-0.25, -0.2) is 9.97 Å². The molecule has 0 amide bonds. The average molecular weight is 271 g/mol. The summed E-state index contributed by atoms with van der Waals surface area (Å²) in [4.78, 5) is 18.7. The van der Waals surface area contributed by atoms with E-state index in [1.165, 1.54) is 6.07 Å². The molecule has 0 bridgehead atoms. The van der Waals surface area contributed by atoms with Gasteiger partial charge in [0, 0.05) is 12.0 Å². The second kappa shape index (κ2) is 4.44. The molecule has 1 aliphatic carbocycles. The Morgan fingerprint density at radius 1 is 1.50 bits per heavy atom. The highest BCUT2D eigenvalue weighted by atomic mass is 16.6. The highest BCUT2D eigenvalue weighted by Gasteiger charge is 2.21. The zero-order valence-corrected chi connectivity index (χ0v) is 10.9. The highest BCUT2D eigenvalue weighted by Crippen LogP contribution is 2.31. The summed E-state index contributed by atoms with van der Waals surface area (Å²) in [6, 6.07) is 2.95. The number of hydrogen-bond acceptors (Lipinski definition) is 5. The van der Waals surface area contributed by atoms with Crippen LogP contribution in [0.15, 0.2) is 24.5 Å². The van der Waals surface area contributed by atoms with Crippen LogP contribution in [0, 0.1) is 10.1 Å². The van der Waals surface area contributed by atoms with Crippen LogP contribution in [-0.4, -0.2) is 19.5 Å². The Hall–Kier alpha value is -2.70. The zero-order valence-electron chi connectivity index (χ0n) is 10.9. The van der Waals surface area contributed by atoms with Gasteiger partial charge in [-0.15, -0.1) is 0 Å². The van der Waals surface area contributed by atoms with Crippen molar-refractivity contribution in [1.29, 1.82) is 0 Å². The van der Waals surface area contributed by atoms with Crippen LogP contribution in [0.2, 0.25) is 0 Å². The summed E-state index contributed by atoms with van der Waals surface area (Å²) >= 11 is 0. The number of nitrogen functional groups attached to an aromatic ring is 1. The minimum atomic E-state index is -0.541. The van der Waals surface area contributed by atoms with Crippen LogP contribution in [0.1, 0.15) is 30.7 Å². The lowest BCUT2D eigenvalue weighted by Crippen LogP contribution is -2.09. The molecule has 1 unspecified atom stereocenters. The summed E-state index contributed by atoms with van der Waals surface area (Å²) in [5, 5.41) is 10.8.